The van der Waals surface area contributed by atoms with Crippen LogP contribution in [-0.2, 0) is 4.74 Å². The van der Waals surface area contributed by atoms with Crippen molar-refractivity contribution in [2.75, 3.05) is 25.1 Å². The number of benzene rings is 1. The van der Waals surface area contributed by atoms with E-state index in [0.717, 1.165) is 26.2 Å². The normalized spacial score (nSPS) is 22.1. The van der Waals surface area contributed by atoms with Gasteiger partial charge in [0.1, 0.15) is 0 Å². The van der Waals surface area contributed by atoms with E-state index < -0.39 is 0 Å². The highest BCUT2D eigenvalue weighted by Crippen LogP contribution is 2.15. The number of hydrogen-bond acceptors (Lipinski definition) is 3. The molecule has 2 atom stereocenters. The second-order valence-electron chi connectivity index (χ2n) is 4.52. The fourth-order valence-electron chi connectivity index (χ4n) is 2.12. The van der Waals surface area contributed by atoms with Gasteiger partial charge in [-0.2, -0.15) is 0 Å². The van der Waals surface area contributed by atoms with Gasteiger partial charge in [-0.3, -0.25) is 0 Å². The van der Waals surface area contributed by atoms with Gasteiger partial charge in [0.25, 0.3) is 0 Å². The summed E-state index contributed by atoms with van der Waals surface area (Å²) in [6.07, 6.45) is 1.09. The maximum absolute atomic E-state index is 5.46. The Morgan fingerprint density at radius 3 is 3.18 bits per heavy atom. The van der Waals surface area contributed by atoms with E-state index in [1.54, 1.807) is 0 Å². The van der Waals surface area contributed by atoms with E-state index in [1.165, 1.54) is 9.26 Å². The molecule has 4 heteroatoms. The van der Waals surface area contributed by atoms with E-state index in [4.69, 9.17) is 4.74 Å². The largest absolute Gasteiger partial charge is 0.383 e. The van der Waals surface area contributed by atoms with Gasteiger partial charge in [0.05, 0.1) is 13.2 Å². The first kappa shape index (κ1) is 13.1. The first-order valence-corrected chi connectivity index (χ1v) is 7.15. The summed E-state index contributed by atoms with van der Waals surface area (Å²) in [5.41, 5.74) is 1.20. The van der Waals surface area contributed by atoms with Crippen LogP contribution in [0, 0.1) is 3.57 Å². The van der Waals surface area contributed by atoms with Crippen molar-refractivity contribution < 1.29 is 4.74 Å². The highest BCUT2D eigenvalue weighted by Gasteiger charge is 2.15. The molecule has 1 aliphatic heterocycles. The molecule has 0 bridgehead atoms. The third-order valence-electron chi connectivity index (χ3n) is 2.87. The highest BCUT2D eigenvalue weighted by atomic mass is 127. The van der Waals surface area contributed by atoms with Crippen molar-refractivity contribution in [3.63, 3.8) is 0 Å². The van der Waals surface area contributed by atoms with Crippen LogP contribution in [0.3, 0.4) is 0 Å². The van der Waals surface area contributed by atoms with E-state index in [-0.39, 0.29) is 0 Å². The summed E-state index contributed by atoms with van der Waals surface area (Å²) in [4.78, 5) is 0. The molecule has 2 unspecified atom stereocenters. The molecule has 1 fully saturated rings. The maximum atomic E-state index is 5.46. The van der Waals surface area contributed by atoms with Gasteiger partial charge in [-0.1, -0.05) is 6.07 Å². The predicted molar refractivity (Wildman–Crippen MR) is 79.5 cm³/mol. The lowest BCUT2D eigenvalue weighted by Crippen LogP contribution is -2.43. The summed E-state index contributed by atoms with van der Waals surface area (Å²) in [5.74, 6) is 0. The van der Waals surface area contributed by atoms with E-state index in [1.807, 2.05) is 0 Å². The second kappa shape index (κ2) is 6.56. The predicted octanol–water partition coefficient (Wildman–Crippen LogP) is 2.47. The lowest BCUT2D eigenvalue weighted by atomic mass is 10.1. The van der Waals surface area contributed by atoms with Crippen LogP contribution in [0.15, 0.2) is 24.3 Å². The summed E-state index contributed by atoms with van der Waals surface area (Å²) < 4.78 is 6.72. The first-order chi connectivity index (χ1) is 8.24. The lowest BCUT2D eigenvalue weighted by molar-refractivity contribution is 0.0731. The van der Waals surface area contributed by atoms with Crippen molar-refractivity contribution in [3.05, 3.63) is 27.8 Å². The molecule has 1 saturated heterocycles. The number of nitrogens with one attached hydrogen (secondary N) is 2. The Labute approximate surface area is 116 Å². The molecule has 0 aliphatic carbocycles. The molecule has 0 spiro atoms. The summed E-state index contributed by atoms with van der Waals surface area (Å²) in [6.45, 7) is 4.87. The number of morpholine rings is 1. The zero-order valence-corrected chi connectivity index (χ0v) is 12.2. The standard InChI is InChI=1S/C13H19IN2O/c1-10(7-13-9-17-6-5-15-13)16-12-4-2-3-11(14)8-12/h2-4,8,10,13,15-16H,5-7,9H2,1H3. The van der Waals surface area contributed by atoms with E-state index >= 15 is 0 Å². The van der Waals surface area contributed by atoms with E-state index in [9.17, 15) is 0 Å². The molecular weight excluding hydrogens is 327 g/mol. The summed E-state index contributed by atoms with van der Waals surface area (Å²) >= 11 is 2.34. The van der Waals surface area contributed by atoms with Crippen LogP contribution in [-0.4, -0.2) is 31.8 Å². The molecule has 1 heterocycles. The molecule has 0 aromatic heterocycles. The highest BCUT2D eigenvalue weighted by molar-refractivity contribution is 14.1. The number of halogens is 1. The van der Waals surface area contributed by atoms with E-state index in [0.29, 0.717) is 12.1 Å². The molecule has 0 radical (unpaired) electrons. The number of ether oxygens (including phenoxy) is 1. The van der Waals surface area contributed by atoms with Crippen LogP contribution in [0.1, 0.15) is 13.3 Å². The Balaban J connectivity index is 1.82. The van der Waals surface area contributed by atoms with Gasteiger partial charge < -0.3 is 15.4 Å². The minimum Gasteiger partial charge on any atom is -0.383 e. The molecule has 0 amide bonds. The van der Waals surface area contributed by atoms with Gasteiger partial charge in [0.2, 0.25) is 0 Å². The van der Waals surface area contributed by atoms with Crippen LogP contribution < -0.4 is 10.6 Å². The Bertz CT molecular complexity index is 353. The van der Waals surface area contributed by atoms with Crippen LogP contribution in [0.2, 0.25) is 0 Å². The van der Waals surface area contributed by atoms with Crippen molar-refractivity contribution in [1.82, 2.24) is 5.32 Å². The van der Waals surface area contributed by atoms with Gasteiger partial charge >= 0.3 is 0 Å². The zero-order chi connectivity index (χ0) is 12.1. The fraction of sp³-hybridized carbons (Fsp3) is 0.538. The van der Waals surface area contributed by atoms with Crippen molar-refractivity contribution in [1.29, 1.82) is 0 Å². The number of anilines is 1. The molecule has 3 nitrogen and oxygen atoms in total. The van der Waals surface area contributed by atoms with Gasteiger partial charge in [-0.15, -0.1) is 0 Å². The second-order valence-corrected chi connectivity index (χ2v) is 5.76. The Morgan fingerprint density at radius 2 is 2.47 bits per heavy atom. The Kier molecular flexibility index (Phi) is 5.06. The third-order valence-corrected chi connectivity index (χ3v) is 3.55. The van der Waals surface area contributed by atoms with E-state index in [2.05, 4.69) is 64.4 Å². The average Bonchev–Trinajstić information content (AvgIpc) is 2.30. The van der Waals surface area contributed by atoms with Crippen LogP contribution in [0.4, 0.5) is 5.69 Å². The van der Waals surface area contributed by atoms with Crippen LogP contribution in [0.5, 0.6) is 0 Å². The van der Waals surface area contributed by atoms with Crippen LogP contribution >= 0.6 is 22.6 Å². The smallest absolute Gasteiger partial charge is 0.0621 e. The first-order valence-electron chi connectivity index (χ1n) is 6.07. The molecule has 0 saturated carbocycles. The van der Waals surface area contributed by atoms with Crippen molar-refractivity contribution in [2.45, 2.75) is 25.4 Å². The van der Waals surface area contributed by atoms with Crippen molar-refractivity contribution in [3.8, 4) is 0 Å². The quantitative estimate of drug-likeness (QED) is 0.822. The van der Waals surface area contributed by atoms with Gasteiger partial charge in [0.15, 0.2) is 0 Å². The molecule has 2 N–H and O–H groups in total. The number of rotatable bonds is 4. The minimum absolute atomic E-state index is 0.451. The fourth-order valence-corrected chi connectivity index (χ4v) is 2.66. The average molecular weight is 346 g/mol. The monoisotopic (exact) mass is 346 g/mol. The molecule has 1 aromatic rings. The SMILES string of the molecule is CC(CC1COCCN1)Nc1cccc(I)c1. The maximum Gasteiger partial charge on any atom is 0.0621 e. The molecule has 2 rings (SSSR count). The third kappa shape index (κ3) is 4.44. The van der Waals surface area contributed by atoms with Gasteiger partial charge in [-0.05, 0) is 54.1 Å². The Morgan fingerprint density at radius 1 is 1.59 bits per heavy atom. The summed E-state index contributed by atoms with van der Waals surface area (Å²) in [6, 6.07) is 9.40. The molecule has 1 aromatic carbocycles. The topological polar surface area (TPSA) is 33.3 Å². The van der Waals surface area contributed by atoms with Crippen molar-refractivity contribution in [2.24, 2.45) is 0 Å². The molecule has 1 aliphatic rings. The van der Waals surface area contributed by atoms with Crippen LogP contribution in [0.25, 0.3) is 0 Å². The molecule has 17 heavy (non-hydrogen) atoms. The summed E-state index contributed by atoms with van der Waals surface area (Å²) in [5, 5.41) is 7.01. The number of hydrogen-bond donors (Lipinski definition) is 2. The van der Waals surface area contributed by atoms with Gasteiger partial charge in [-0.25, -0.2) is 0 Å². The summed E-state index contributed by atoms with van der Waals surface area (Å²) in [7, 11) is 0. The molecular formula is C13H19IN2O. The van der Waals surface area contributed by atoms with Crippen molar-refractivity contribution >= 4 is 28.3 Å². The lowest BCUT2D eigenvalue weighted by Gasteiger charge is -2.27. The zero-order valence-electron chi connectivity index (χ0n) is 10.1. The molecule has 94 valence electrons. The minimum atomic E-state index is 0.451. The van der Waals surface area contributed by atoms with Gasteiger partial charge in [0, 0.05) is 27.9 Å². The Hall–Kier alpha value is -0.330.